The van der Waals surface area contributed by atoms with E-state index in [0.29, 0.717) is 16.3 Å². The first-order chi connectivity index (χ1) is 8.49. The molecule has 5 heteroatoms. The zero-order chi connectivity index (χ0) is 13.7. The number of benzene rings is 1. The minimum absolute atomic E-state index is 0.118. The number of ether oxygens (including phenoxy) is 1. The van der Waals surface area contributed by atoms with Crippen molar-refractivity contribution in [2.45, 2.75) is 32.4 Å². The number of hydrogen-bond donors (Lipinski definition) is 2. The molecule has 0 aliphatic rings. The van der Waals surface area contributed by atoms with Crippen LogP contribution in [0, 0.1) is 0 Å². The standard InChI is InChI=1S/C13H18ClNO3/c1-4-8(2)15-12(13(16)17)9-5-6-11(18-3)10(14)7-9/h5-8,12,15H,4H2,1-3H3,(H,16,17). The molecule has 2 atom stereocenters. The number of carboxylic acids is 1. The summed E-state index contributed by atoms with van der Waals surface area (Å²) in [5, 5.41) is 12.7. The summed E-state index contributed by atoms with van der Waals surface area (Å²) in [4.78, 5) is 11.3. The Labute approximate surface area is 112 Å². The average Bonchev–Trinajstić information content (AvgIpc) is 2.35. The molecule has 0 saturated carbocycles. The molecular weight excluding hydrogens is 254 g/mol. The Hall–Kier alpha value is -1.26. The second-order valence-electron chi connectivity index (χ2n) is 4.14. The van der Waals surface area contributed by atoms with Gasteiger partial charge in [0.25, 0.3) is 0 Å². The molecule has 0 fully saturated rings. The molecule has 0 aliphatic heterocycles. The predicted octanol–water partition coefficient (Wildman–Crippen LogP) is 2.86. The van der Waals surface area contributed by atoms with Crippen LogP contribution in [0.5, 0.6) is 5.75 Å². The molecule has 0 radical (unpaired) electrons. The number of hydrogen-bond acceptors (Lipinski definition) is 3. The van der Waals surface area contributed by atoms with Crippen LogP contribution in [-0.4, -0.2) is 24.2 Å². The van der Waals surface area contributed by atoms with Gasteiger partial charge in [0, 0.05) is 6.04 Å². The maximum absolute atomic E-state index is 11.3. The van der Waals surface area contributed by atoms with E-state index < -0.39 is 12.0 Å². The molecule has 0 bridgehead atoms. The summed E-state index contributed by atoms with van der Waals surface area (Å²) in [5.41, 5.74) is 0.619. The van der Waals surface area contributed by atoms with Gasteiger partial charge in [0.1, 0.15) is 11.8 Å². The Kier molecular flexibility index (Phi) is 5.44. The van der Waals surface area contributed by atoms with Gasteiger partial charge in [-0.25, -0.2) is 0 Å². The molecular formula is C13H18ClNO3. The van der Waals surface area contributed by atoms with Gasteiger partial charge in [-0.15, -0.1) is 0 Å². The summed E-state index contributed by atoms with van der Waals surface area (Å²) in [6, 6.07) is 4.36. The number of rotatable bonds is 6. The predicted molar refractivity (Wildman–Crippen MR) is 71.3 cm³/mol. The van der Waals surface area contributed by atoms with Gasteiger partial charge in [0.15, 0.2) is 0 Å². The molecule has 4 nitrogen and oxygen atoms in total. The summed E-state index contributed by atoms with van der Waals surface area (Å²) in [5.74, 6) is -0.385. The Morgan fingerprint density at radius 1 is 1.56 bits per heavy atom. The smallest absolute Gasteiger partial charge is 0.325 e. The van der Waals surface area contributed by atoms with E-state index in [9.17, 15) is 9.90 Å². The molecule has 1 rings (SSSR count). The van der Waals surface area contributed by atoms with E-state index in [1.807, 2.05) is 13.8 Å². The van der Waals surface area contributed by atoms with Crippen LogP contribution in [0.4, 0.5) is 0 Å². The minimum atomic E-state index is -0.920. The Balaban J connectivity index is 2.99. The molecule has 0 saturated heterocycles. The van der Waals surface area contributed by atoms with Gasteiger partial charge in [-0.05, 0) is 31.0 Å². The number of methoxy groups -OCH3 is 1. The number of carbonyl (C=O) groups is 1. The summed E-state index contributed by atoms with van der Waals surface area (Å²) in [7, 11) is 1.52. The van der Waals surface area contributed by atoms with Crippen LogP contribution in [0.25, 0.3) is 0 Å². The van der Waals surface area contributed by atoms with Gasteiger partial charge in [0.2, 0.25) is 0 Å². The quantitative estimate of drug-likeness (QED) is 0.835. The van der Waals surface area contributed by atoms with Gasteiger partial charge in [0.05, 0.1) is 12.1 Å². The minimum Gasteiger partial charge on any atom is -0.495 e. The molecule has 1 aromatic rings. The van der Waals surface area contributed by atoms with Gasteiger partial charge < -0.3 is 9.84 Å². The summed E-state index contributed by atoms with van der Waals surface area (Å²) >= 11 is 6.00. The molecule has 1 aromatic carbocycles. The van der Waals surface area contributed by atoms with Gasteiger partial charge in [-0.2, -0.15) is 0 Å². The highest BCUT2D eigenvalue weighted by atomic mass is 35.5. The van der Waals surface area contributed by atoms with E-state index in [2.05, 4.69) is 5.32 Å². The SMILES string of the molecule is CCC(C)NC(C(=O)O)c1ccc(OC)c(Cl)c1. The molecule has 0 spiro atoms. The fourth-order valence-corrected chi connectivity index (χ4v) is 1.84. The molecule has 0 amide bonds. The zero-order valence-electron chi connectivity index (χ0n) is 10.7. The van der Waals surface area contributed by atoms with Crippen LogP contribution < -0.4 is 10.1 Å². The lowest BCUT2D eigenvalue weighted by molar-refractivity contribution is -0.139. The summed E-state index contributed by atoms with van der Waals surface area (Å²) in [6.07, 6.45) is 0.855. The Morgan fingerprint density at radius 3 is 2.67 bits per heavy atom. The summed E-state index contributed by atoms with van der Waals surface area (Å²) < 4.78 is 5.04. The first-order valence-corrected chi connectivity index (χ1v) is 6.19. The van der Waals surface area contributed by atoms with Crippen molar-refractivity contribution in [1.82, 2.24) is 5.32 Å². The molecule has 100 valence electrons. The van der Waals surface area contributed by atoms with Gasteiger partial charge in [-0.1, -0.05) is 24.6 Å². The first kappa shape index (κ1) is 14.8. The van der Waals surface area contributed by atoms with E-state index in [1.54, 1.807) is 18.2 Å². The maximum atomic E-state index is 11.3. The van der Waals surface area contributed by atoms with Crippen LogP contribution in [0.15, 0.2) is 18.2 Å². The zero-order valence-corrected chi connectivity index (χ0v) is 11.5. The van der Waals surface area contributed by atoms with Crippen molar-refractivity contribution < 1.29 is 14.6 Å². The molecule has 2 unspecified atom stereocenters. The van der Waals surface area contributed by atoms with Gasteiger partial charge in [-0.3, -0.25) is 10.1 Å². The number of carboxylic acid groups (broad SMARTS) is 1. The largest absolute Gasteiger partial charge is 0.495 e. The number of halogens is 1. The van der Waals surface area contributed by atoms with Crippen molar-refractivity contribution in [3.63, 3.8) is 0 Å². The van der Waals surface area contributed by atoms with Gasteiger partial charge >= 0.3 is 5.97 Å². The monoisotopic (exact) mass is 271 g/mol. The highest BCUT2D eigenvalue weighted by Gasteiger charge is 2.21. The summed E-state index contributed by atoms with van der Waals surface area (Å²) in [6.45, 7) is 3.94. The fourth-order valence-electron chi connectivity index (χ4n) is 1.57. The van der Waals surface area contributed by atoms with Crippen LogP contribution in [0.2, 0.25) is 5.02 Å². The van der Waals surface area contributed by atoms with E-state index >= 15 is 0 Å². The third-order valence-electron chi connectivity index (χ3n) is 2.82. The molecule has 0 heterocycles. The van der Waals surface area contributed by atoms with Crippen molar-refractivity contribution in [1.29, 1.82) is 0 Å². The highest BCUT2D eigenvalue weighted by molar-refractivity contribution is 6.32. The second-order valence-corrected chi connectivity index (χ2v) is 4.55. The Bertz CT molecular complexity index is 423. The van der Waals surface area contributed by atoms with Crippen LogP contribution in [0.3, 0.4) is 0 Å². The second kappa shape index (κ2) is 6.61. The normalized spacial score (nSPS) is 14.0. The highest BCUT2D eigenvalue weighted by Crippen LogP contribution is 2.28. The van der Waals surface area contributed by atoms with E-state index in [4.69, 9.17) is 16.3 Å². The number of nitrogens with one attached hydrogen (secondary N) is 1. The van der Waals surface area contributed by atoms with E-state index in [-0.39, 0.29) is 6.04 Å². The van der Waals surface area contributed by atoms with Crippen LogP contribution in [-0.2, 0) is 4.79 Å². The Morgan fingerprint density at radius 2 is 2.22 bits per heavy atom. The van der Waals surface area contributed by atoms with Crippen molar-refractivity contribution in [2.24, 2.45) is 0 Å². The number of aliphatic carboxylic acids is 1. The molecule has 2 N–H and O–H groups in total. The lowest BCUT2D eigenvalue weighted by atomic mass is 10.1. The molecule has 0 aliphatic carbocycles. The first-order valence-electron chi connectivity index (χ1n) is 5.81. The molecule has 0 aromatic heterocycles. The van der Waals surface area contributed by atoms with Crippen molar-refractivity contribution >= 4 is 17.6 Å². The van der Waals surface area contributed by atoms with Crippen molar-refractivity contribution in [2.75, 3.05) is 7.11 Å². The van der Waals surface area contributed by atoms with E-state index in [0.717, 1.165) is 6.42 Å². The average molecular weight is 272 g/mol. The van der Waals surface area contributed by atoms with Crippen LogP contribution >= 0.6 is 11.6 Å². The van der Waals surface area contributed by atoms with Crippen molar-refractivity contribution in [3.8, 4) is 5.75 Å². The van der Waals surface area contributed by atoms with E-state index in [1.165, 1.54) is 7.11 Å². The molecule has 18 heavy (non-hydrogen) atoms. The fraction of sp³-hybridized carbons (Fsp3) is 0.462. The maximum Gasteiger partial charge on any atom is 0.325 e. The lowest BCUT2D eigenvalue weighted by Crippen LogP contribution is -2.34. The third kappa shape index (κ3) is 3.62. The topological polar surface area (TPSA) is 58.6 Å². The third-order valence-corrected chi connectivity index (χ3v) is 3.12. The lowest BCUT2D eigenvalue weighted by Gasteiger charge is -2.20. The van der Waals surface area contributed by atoms with Crippen molar-refractivity contribution in [3.05, 3.63) is 28.8 Å². The van der Waals surface area contributed by atoms with Crippen LogP contribution in [0.1, 0.15) is 31.9 Å².